The van der Waals surface area contributed by atoms with Crippen molar-refractivity contribution in [3.63, 3.8) is 0 Å². The monoisotopic (exact) mass is 1070 g/mol. The van der Waals surface area contributed by atoms with Crippen molar-refractivity contribution in [2.24, 2.45) is 21.1 Å². The highest BCUT2D eigenvalue weighted by atomic mass is 16.1. The van der Waals surface area contributed by atoms with Crippen LogP contribution in [0.2, 0.25) is 0 Å². The minimum absolute atomic E-state index is 0.123. The number of hydrogen-bond acceptors (Lipinski definition) is 12. The van der Waals surface area contributed by atoms with Crippen LogP contribution >= 0.6 is 0 Å². The maximum Gasteiger partial charge on any atom is 0.277 e. The smallest absolute Gasteiger partial charge is 0.277 e. The fourth-order valence-corrected chi connectivity index (χ4v) is 9.91. The largest absolute Gasteiger partial charge is 0.385 e. The van der Waals surface area contributed by atoms with Crippen LogP contribution in [0, 0.1) is 0 Å². The number of nitrogens with zero attached hydrogens (tertiary/aromatic N) is 10. The zero-order valence-corrected chi connectivity index (χ0v) is 47.2. The third-order valence-corrected chi connectivity index (χ3v) is 13.7. The summed E-state index contributed by atoms with van der Waals surface area (Å²) in [5, 5.41) is 20.2. The summed E-state index contributed by atoms with van der Waals surface area (Å²) in [5.41, 5.74) is 14.0. The first-order chi connectivity index (χ1) is 38.3. The van der Waals surface area contributed by atoms with Gasteiger partial charge in [-0.3, -0.25) is 28.4 Å². The maximum atomic E-state index is 12.5. The molecule has 6 heterocycles. The van der Waals surface area contributed by atoms with Crippen LogP contribution in [0.4, 0.5) is 17.1 Å². The van der Waals surface area contributed by atoms with Crippen molar-refractivity contribution in [3.05, 3.63) is 191 Å². The third-order valence-electron chi connectivity index (χ3n) is 13.7. The summed E-state index contributed by atoms with van der Waals surface area (Å²) >= 11 is 0. The molecule has 0 bridgehead atoms. The Morgan fingerprint density at radius 2 is 0.886 bits per heavy atom. The van der Waals surface area contributed by atoms with Crippen LogP contribution in [0.5, 0.6) is 0 Å². The molecule has 412 valence electrons. The van der Waals surface area contributed by atoms with Crippen molar-refractivity contribution in [1.29, 1.82) is 0 Å². The SMILES string of the molecule is CCCc1nn(C)c2c(=O)[nH]c(Cc3ccc(N(CC)CC)cc3)nc12.CCCc1nn(C)c2c(=O)[nH]c(Cc3ccc(NCc4ccccc4)cc3)nc12.CCCc1nn(C)c2c(=O)[nH]c(Cc3ccccc3NCC)nc12. The second kappa shape index (κ2) is 26.6. The number of para-hydroxylation sites is 1. The number of fused-ring (bicyclic) bond motifs is 3. The average Bonchev–Trinajstić information content (AvgIpc) is 4.06. The predicted octanol–water partition coefficient (Wildman–Crippen LogP) is 9.49. The highest BCUT2D eigenvalue weighted by Gasteiger charge is 2.18. The standard InChI is InChI=1S/C23H25N5O.C20H27N5O.C18H23N5O/c1-3-7-19-21-22(28(2)27-19)23(29)26-20(25-21)14-16-10-12-18(13-11-16)24-15-17-8-5-4-6-9-17;1-5-8-16-18-19(24(4)23-16)20(26)22-17(21-18)13-14-9-11-15(12-10-14)25(6-2)7-3;1-4-8-14-16-17(23(3)22-14)18(24)21-15(20-16)11-12-9-6-7-10-13(12)19-5-2/h4-6,8-13,24H,3,7,14-15H2,1-2H3,(H,25,26,29);9-12H,5-8,13H2,1-4H3,(H,21,22,26);6-7,9-10,19H,4-5,8,11H2,1-3H3,(H,20,21,24). The first-order valence-corrected chi connectivity index (χ1v) is 27.7. The van der Waals surface area contributed by atoms with Crippen LogP contribution < -0.4 is 32.2 Å². The molecule has 0 atom stereocenters. The maximum absolute atomic E-state index is 12.5. The molecule has 5 N–H and O–H groups in total. The Morgan fingerprint density at radius 1 is 0.468 bits per heavy atom. The molecule has 0 unspecified atom stereocenters. The minimum atomic E-state index is -0.136. The van der Waals surface area contributed by atoms with E-state index < -0.39 is 0 Å². The molecule has 18 heteroatoms. The van der Waals surface area contributed by atoms with Crippen LogP contribution in [0.1, 0.15) is 118 Å². The molecule has 0 saturated heterocycles. The molecule has 6 aromatic heterocycles. The fraction of sp³-hybridized carbons (Fsp3) is 0.361. The van der Waals surface area contributed by atoms with Gasteiger partial charge in [0, 0.05) is 83.6 Å². The average molecular weight is 1070 g/mol. The number of nitrogens with one attached hydrogen (secondary N) is 5. The Bertz CT molecular complexity index is 3790. The van der Waals surface area contributed by atoms with Gasteiger partial charge in [-0.25, -0.2) is 15.0 Å². The van der Waals surface area contributed by atoms with Gasteiger partial charge in [0.15, 0.2) is 16.6 Å². The Morgan fingerprint density at radius 3 is 1.32 bits per heavy atom. The first-order valence-electron chi connectivity index (χ1n) is 27.7. The zero-order chi connectivity index (χ0) is 56.0. The molecular formula is C61H75N15O3. The second-order valence-electron chi connectivity index (χ2n) is 19.7. The summed E-state index contributed by atoms with van der Waals surface area (Å²) in [6.45, 7) is 16.3. The molecular weight excluding hydrogens is 991 g/mol. The molecule has 0 saturated carbocycles. The van der Waals surface area contributed by atoms with E-state index >= 15 is 0 Å². The number of aryl methyl sites for hydroxylation is 6. The summed E-state index contributed by atoms with van der Waals surface area (Å²) in [5.74, 6) is 2.02. The lowest BCUT2D eigenvalue weighted by molar-refractivity contribution is 0.750. The van der Waals surface area contributed by atoms with Gasteiger partial charge in [0.05, 0.1) is 17.1 Å². The quantitative estimate of drug-likeness (QED) is 0.0482. The van der Waals surface area contributed by atoms with Crippen molar-refractivity contribution in [2.45, 2.75) is 106 Å². The molecule has 0 aliphatic rings. The predicted molar refractivity (Wildman–Crippen MR) is 319 cm³/mol. The summed E-state index contributed by atoms with van der Waals surface area (Å²) in [4.78, 5) is 62.7. The lowest BCUT2D eigenvalue weighted by Gasteiger charge is -2.21. The van der Waals surface area contributed by atoms with Crippen LogP contribution in [0.3, 0.4) is 0 Å². The van der Waals surface area contributed by atoms with E-state index in [0.29, 0.717) is 58.8 Å². The summed E-state index contributed by atoms with van der Waals surface area (Å²) in [6.07, 6.45) is 7.13. The molecule has 10 rings (SSSR count). The van der Waals surface area contributed by atoms with Gasteiger partial charge in [0.25, 0.3) is 16.7 Å². The van der Waals surface area contributed by atoms with Crippen molar-refractivity contribution < 1.29 is 0 Å². The van der Waals surface area contributed by atoms with Crippen LogP contribution in [-0.4, -0.2) is 78.9 Å². The highest BCUT2D eigenvalue weighted by Crippen LogP contribution is 2.22. The first kappa shape index (κ1) is 56.5. The number of aromatic nitrogens is 12. The van der Waals surface area contributed by atoms with Gasteiger partial charge in [-0.05, 0) is 92.6 Å². The molecule has 10 aromatic rings. The number of hydrogen-bond donors (Lipinski definition) is 5. The topological polar surface area (TPSA) is 218 Å². The molecule has 0 spiro atoms. The van der Waals surface area contributed by atoms with Crippen molar-refractivity contribution in [2.75, 3.05) is 35.2 Å². The lowest BCUT2D eigenvalue weighted by Crippen LogP contribution is -2.21. The number of benzene rings is 4. The number of anilines is 3. The molecule has 0 amide bonds. The molecule has 79 heavy (non-hydrogen) atoms. The molecule has 18 nitrogen and oxygen atoms in total. The van der Waals surface area contributed by atoms with E-state index in [0.717, 1.165) is 121 Å². The van der Waals surface area contributed by atoms with Gasteiger partial charge in [-0.1, -0.05) is 113 Å². The Hall–Kier alpha value is -8.67. The fourth-order valence-electron chi connectivity index (χ4n) is 9.91. The van der Waals surface area contributed by atoms with Crippen molar-refractivity contribution in [3.8, 4) is 0 Å². The van der Waals surface area contributed by atoms with Gasteiger partial charge in [0.2, 0.25) is 0 Å². The van der Waals surface area contributed by atoms with E-state index in [4.69, 9.17) is 15.0 Å². The molecule has 0 radical (unpaired) electrons. The number of rotatable bonds is 20. The lowest BCUT2D eigenvalue weighted by atomic mass is 10.1. The Balaban J connectivity index is 0.000000157. The third kappa shape index (κ3) is 13.7. The van der Waals surface area contributed by atoms with Gasteiger partial charge in [-0.15, -0.1) is 0 Å². The number of aromatic amines is 3. The molecule has 0 aliphatic heterocycles. The van der Waals surface area contributed by atoms with Crippen molar-refractivity contribution in [1.82, 2.24) is 59.2 Å². The minimum Gasteiger partial charge on any atom is -0.385 e. The summed E-state index contributed by atoms with van der Waals surface area (Å²) < 4.78 is 4.89. The van der Waals surface area contributed by atoms with Gasteiger partial charge in [-0.2, -0.15) is 15.3 Å². The van der Waals surface area contributed by atoms with E-state index in [-0.39, 0.29) is 16.7 Å². The highest BCUT2D eigenvalue weighted by molar-refractivity contribution is 5.78. The summed E-state index contributed by atoms with van der Waals surface area (Å²) in [6, 6.07) is 35.1. The number of H-pyrrole nitrogens is 3. The van der Waals surface area contributed by atoms with Crippen LogP contribution in [0.25, 0.3) is 33.1 Å². The van der Waals surface area contributed by atoms with E-state index in [2.05, 4.69) is 154 Å². The van der Waals surface area contributed by atoms with Gasteiger partial charge in [0.1, 0.15) is 34.0 Å². The van der Waals surface area contributed by atoms with Gasteiger partial charge < -0.3 is 30.5 Å². The summed E-state index contributed by atoms with van der Waals surface area (Å²) in [7, 11) is 5.38. The van der Waals surface area contributed by atoms with E-state index in [1.165, 1.54) is 11.3 Å². The van der Waals surface area contributed by atoms with E-state index in [9.17, 15) is 14.4 Å². The zero-order valence-electron chi connectivity index (χ0n) is 47.2. The Labute approximate surface area is 460 Å². The van der Waals surface area contributed by atoms with Gasteiger partial charge >= 0.3 is 0 Å². The molecule has 4 aromatic carbocycles. The van der Waals surface area contributed by atoms with Crippen LogP contribution in [-0.2, 0) is 66.2 Å². The van der Waals surface area contributed by atoms with Crippen LogP contribution in [0.15, 0.2) is 118 Å². The van der Waals surface area contributed by atoms with E-state index in [1.807, 2.05) is 36.4 Å². The van der Waals surface area contributed by atoms with E-state index in [1.54, 1.807) is 35.2 Å². The normalized spacial score (nSPS) is 11.2. The Kier molecular flexibility index (Phi) is 19.0. The molecule has 0 aliphatic carbocycles. The van der Waals surface area contributed by atoms with Crippen molar-refractivity contribution >= 4 is 50.2 Å². The molecule has 0 fully saturated rings. The second-order valence-corrected chi connectivity index (χ2v) is 19.7.